The van der Waals surface area contributed by atoms with E-state index in [0.29, 0.717) is 29.5 Å². The standard InChI is InChI=1S/C15H14FNO3/c1-2-20-15(19)11-6-10(11)14(18)12-7-17-13-4-3-8(16)5-9(12)13/h3-5,7,10-11,17H,2,6H2,1H3/t10-,11-/m1/s1. The molecule has 1 fully saturated rings. The summed E-state index contributed by atoms with van der Waals surface area (Å²) in [6.07, 6.45) is 2.09. The molecule has 1 aliphatic rings. The Morgan fingerprint density at radius 2 is 2.20 bits per heavy atom. The SMILES string of the molecule is CCOC(=O)[C@@H]1C[C@H]1C(=O)c1c[nH]c2ccc(F)cc12. The zero-order valence-corrected chi connectivity index (χ0v) is 11.0. The van der Waals surface area contributed by atoms with Crippen LogP contribution in [0.3, 0.4) is 0 Å². The van der Waals surface area contributed by atoms with E-state index in [1.54, 1.807) is 19.2 Å². The molecule has 1 aromatic heterocycles. The van der Waals surface area contributed by atoms with Crippen molar-refractivity contribution in [1.29, 1.82) is 0 Å². The Morgan fingerprint density at radius 3 is 2.95 bits per heavy atom. The third kappa shape index (κ3) is 2.09. The van der Waals surface area contributed by atoms with Crippen molar-refractivity contribution < 1.29 is 18.7 Å². The lowest BCUT2D eigenvalue weighted by molar-refractivity contribution is -0.144. The van der Waals surface area contributed by atoms with Crippen molar-refractivity contribution in [2.45, 2.75) is 13.3 Å². The van der Waals surface area contributed by atoms with E-state index in [0.717, 1.165) is 0 Å². The molecule has 0 amide bonds. The number of fused-ring (bicyclic) bond motifs is 1. The predicted molar refractivity (Wildman–Crippen MR) is 70.8 cm³/mol. The van der Waals surface area contributed by atoms with Crippen molar-refractivity contribution in [3.05, 3.63) is 35.8 Å². The normalized spacial score (nSPS) is 20.9. The Kier molecular flexibility index (Phi) is 3.04. The van der Waals surface area contributed by atoms with Gasteiger partial charge in [0.25, 0.3) is 0 Å². The number of aromatic amines is 1. The Balaban J connectivity index is 1.84. The van der Waals surface area contributed by atoms with E-state index in [4.69, 9.17) is 4.74 Å². The van der Waals surface area contributed by atoms with Crippen molar-refractivity contribution in [2.75, 3.05) is 6.61 Å². The summed E-state index contributed by atoms with van der Waals surface area (Å²) in [6, 6.07) is 4.27. The van der Waals surface area contributed by atoms with Gasteiger partial charge < -0.3 is 9.72 Å². The van der Waals surface area contributed by atoms with Gasteiger partial charge in [-0.15, -0.1) is 0 Å². The largest absolute Gasteiger partial charge is 0.466 e. The molecule has 0 aliphatic heterocycles. The van der Waals surface area contributed by atoms with E-state index in [1.807, 2.05) is 0 Å². The van der Waals surface area contributed by atoms with Crippen LogP contribution in [-0.2, 0) is 9.53 Å². The number of ketones is 1. The van der Waals surface area contributed by atoms with Gasteiger partial charge in [0.2, 0.25) is 0 Å². The van der Waals surface area contributed by atoms with Crippen molar-refractivity contribution >= 4 is 22.7 Å². The fourth-order valence-electron chi connectivity index (χ4n) is 2.49. The molecule has 1 heterocycles. The summed E-state index contributed by atoms with van der Waals surface area (Å²) in [5, 5.41) is 0.560. The van der Waals surface area contributed by atoms with Crippen molar-refractivity contribution in [1.82, 2.24) is 4.98 Å². The minimum Gasteiger partial charge on any atom is -0.466 e. The number of carbonyl (C=O) groups is 2. The maximum Gasteiger partial charge on any atom is 0.309 e. The highest BCUT2D eigenvalue weighted by molar-refractivity contribution is 6.11. The number of H-pyrrole nitrogens is 1. The number of aromatic nitrogens is 1. The predicted octanol–water partition coefficient (Wildman–Crippen LogP) is 2.69. The molecule has 1 aliphatic carbocycles. The Hall–Kier alpha value is -2.17. The minimum absolute atomic E-state index is 0.125. The number of halogens is 1. The second-order valence-corrected chi connectivity index (χ2v) is 4.96. The zero-order chi connectivity index (χ0) is 14.3. The zero-order valence-electron chi connectivity index (χ0n) is 11.0. The van der Waals surface area contributed by atoms with Gasteiger partial charge in [0.05, 0.1) is 12.5 Å². The van der Waals surface area contributed by atoms with Gasteiger partial charge in [0.1, 0.15) is 5.82 Å². The molecule has 2 atom stereocenters. The first kappa shape index (κ1) is 12.8. The lowest BCUT2D eigenvalue weighted by Crippen LogP contribution is -2.11. The van der Waals surface area contributed by atoms with Gasteiger partial charge in [-0.2, -0.15) is 0 Å². The number of Topliss-reactive ketones (excluding diaryl/α,β-unsaturated/α-hetero) is 1. The highest BCUT2D eigenvalue weighted by atomic mass is 19.1. The molecule has 3 rings (SSSR count). The fraction of sp³-hybridized carbons (Fsp3) is 0.333. The highest BCUT2D eigenvalue weighted by Gasteiger charge is 2.49. The number of rotatable bonds is 4. The monoisotopic (exact) mass is 275 g/mol. The van der Waals surface area contributed by atoms with Crippen molar-refractivity contribution in [3.8, 4) is 0 Å². The Bertz CT molecular complexity index is 691. The lowest BCUT2D eigenvalue weighted by Gasteiger charge is -2.00. The maximum atomic E-state index is 13.3. The molecule has 0 unspecified atom stereocenters. The molecule has 1 saturated carbocycles. The van der Waals surface area contributed by atoms with E-state index in [-0.39, 0.29) is 29.4 Å². The number of hydrogen-bond acceptors (Lipinski definition) is 3. The molecular weight excluding hydrogens is 261 g/mol. The number of carbonyl (C=O) groups excluding carboxylic acids is 2. The van der Waals surface area contributed by atoms with Gasteiger partial charge in [-0.05, 0) is 31.5 Å². The third-order valence-electron chi connectivity index (χ3n) is 3.63. The molecule has 2 aromatic rings. The summed E-state index contributed by atoms with van der Waals surface area (Å²) in [6.45, 7) is 2.05. The summed E-state index contributed by atoms with van der Waals surface area (Å²) in [7, 11) is 0. The summed E-state index contributed by atoms with van der Waals surface area (Å²) in [5.41, 5.74) is 1.15. The topological polar surface area (TPSA) is 59.2 Å². The molecule has 5 heteroatoms. The third-order valence-corrected chi connectivity index (χ3v) is 3.63. The van der Waals surface area contributed by atoms with E-state index < -0.39 is 0 Å². The Morgan fingerprint density at radius 1 is 1.40 bits per heavy atom. The van der Waals surface area contributed by atoms with Gasteiger partial charge in [-0.1, -0.05) is 0 Å². The van der Waals surface area contributed by atoms with E-state index in [1.165, 1.54) is 12.1 Å². The molecule has 1 N–H and O–H groups in total. The van der Waals surface area contributed by atoms with Crippen LogP contribution in [0.2, 0.25) is 0 Å². The van der Waals surface area contributed by atoms with E-state index in [2.05, 4.69) is 4.98 Å². The fourth-order valence-corrected chi connectivity index (χ4v) is 2.49. The Labute approximate surface area is 114 Å². The van der Waals surface area contributed by atoms with E-state index >= 15 is 0 Å². The first-order chi connectivity index (χ1) is 9.61. The van der Waals surface area contributed by atoms with Gasteiger partial charge in [0, 0.05) is 28.6 Å². The molecule has 104 valence electrons. The minimum atomic E-state index is -0.385. The molecule has 0 bridgehead atoms. The average molecular weight is 275 g/mol. The number of benzene rings is 1. The number of ether oxygens (including phenoxy) is 1. The van der Waals surface area contributed by atoms with Gasteiger partial charge in [-0.3, -0.25) is 9.59 Å². The van der Waals surface area contributed by atoms with Gasteiger partial charge in [0.15, 0.2) is 5.78 Å². The van der Waals surface area contributed by atoms with Crippen LogP contribution in [0.5, 0.6) is 0 Å². The molecule has 0 saturated heterocycles. The summed E-state index contributed by atoms with van der Waals surface area (Å²) < 4.78 is 18.2. The van der Waals surface area contributed by atoms with Gasteiger partial charge >= 0.3 is 5.97 Å². The maximum absolute atomic E-state index is 13.3. The molecule has 4 nitrogen and oxygen atoms in total. The van der Waals surface area contributed by atoms with Crippen LogP contribution < -0.4 is 0 Å². The van der Waals surface area contributed by atoms with E-state index in [9.17, 15) is 14.0 Å². The summed E-state index contributed by atoms with van der Waals surface area (Å²) in [4.78, 5) is 26.9. The smallest absolute Gasteiger partial charge is 0.309 e. The number of hydrogen-bond donors (Lipinski definition) is 1. The molecule has 0 radical (unpaired) electrons. The van der Waals surface area contributed by atoms with Gasteiger partial charge in [-0.25, -0.2) is 4.39 Å². The van der Waals surface area contributed by atoms with Crippen molar-refractivity contribution in [3.63, 3.8) is 0 Å². The second kappa shape index (κ2) is 4.74. The summed E-state index contributed by atoms with van der Waals surface area (Å²) in [5.74, 6) is -1.52. The van der Waals surface area contributed by atoms with Crippen LogP contribution in [0.4, 0.5) is 4.39 Å². The molecule has 20 heavy (non-hydrogen) atoms. The molecule has 0 spiro atoms. The van der Waals surface area contributed by atoms with Crippen LogP contribution in [0, 0.1) is 17.7 Å². The van der Waals surface area contributed by atoms with Crippen LogP contribution in [0.15, 0.2) is 24.4 Å². The number of esters is 1. The van der Waals surface area contributed by atoms with Crippen LogP contribution in [0.25, 0.3) is 10.9 Å². The van der Waals surface area contributed by atoms with Crippen LogP contribution in [0.1, 0.15) is 23.7 Å². The second-order valence-electron chi connectivity index (χ2n) is 4.96. The first-order valence-corrected chi connectivity index (χ1v) is 6.59. The van der Waals surface area contributed by atoms with Crippen LogP contribution in [-0.4, -0.2) is 23.3 Å². The highest BCUT2D eigenvalue weighted by Crippen LogP contribution is 2.42. The average Bonchev–Trinajstić information content (AvgIpc) is 3.12. The first-order valence-electron chi connectivity index (χ1n) is 6.59. The van der Waals surface area contributed by atoms with Crippen LogP contribution >= 0.6 is 0 Å². The van der Waals surface area contributed by atoms with Crippen molar-refractivity contribution in [2.24, 2.45) is 11.8 Å². The quantitative estimate of drug-likeness (QED) is 0.689. The summed E-state index contributed by atoms with van der Waals surface area (Å²) >= 11 is 0. The lowest BCUT2D eigenvalue weighted by atomic mass is 10.0. The molecule has 1 aromatic carbocycles. The number of nitrogens with one attached hydrogen (secondary N) is 1. The molecular formula is C15H14FNO3.